The lowest BCUT2D eigenvalue weighted by Gasteiger charge is -2.07. The summed E-state index contributed by atoms with van der Waals surface area (Å²) >= 11 is 18.3. The molecule has 0 fully saturated rings. The summed E-state index contributed by atoms with van der Waals surface area (Å²) in [5.41, 5.74) is 1.63. The standard InChI is InChI=1S/C21H12Cl3FN4O/c22-13-3-1-2-12(10-13)20-27-19(21(30)26-15-6-4-14(25)5-7-15)28-29(20)16-8-9-17(23)18(24)11-16/h1-11H,(H,26,30). The molecule has 150 valence electrons. The van der Waals surface area contributed by atoms with Gasteiger partial charge in [0.15, 0.2) is 5.82 Å². The predicted molar refractivity (Wildman–Crippen MR) is 116 cm³/mol. The molecule has 1 amide bonds. The Hall–Kier alpha value is -2.93. The molecule has 0 saturated carbocycles. The van der Waals surface area contributed by atoms with E-state index in [1.54, 1.807) is 42.5 Å². The number of rotatable bonds is 4. The van der Waals surface area contributed by atoms with Gasteiger partial charge in [0.2, 0.25) is 5.82 Å². The second-order valence-electron chi connectivity index (χ2n) is 6.24. The average Bonchev–Trinajstić information content (AvgIpc) is 3.17. The molecule has 0 aliphatic heterocycles. The smallest absolute Gasteiger partial charge is 0.295 e. The highest BCUT2D eigenvalue weighted by Gasteiger charge is 2.20. The third kappa shape index (κ3) is 4.31. The van der Waals surface area contributed by atoms with Crippen LogP contribution in [0.2, 0.25) is 15.1 Å². The molecular weight excluding hydrogens is 450 g/mol. The fourth-order valence-corrected chi connectivity index (χ4v) is 3.22. The first-order valence-electron chi connectivity index (χ1n) is 8.66. The van der Waals surface area contributed by atoms with Crippen LogP contribution in [0.5, 0.6) is 0 Å². The number of hydrogen-bond acceptors (Lipinski definition) is 3. The molecular formula is C21H12Cl3FN4O. The van der Waals surface area contributed by atoms with Crippen LogP contribution in [0.4, 0.5) is 10.1 Å². The third-order valence-electron chi connectivity index (χ3n) is 4.14. The second kappa shape index (κ2) is 8.44. The van der Waals surface area contributed by atoms with E-state index in [0.717, 1.165) is 0 Å². The van der Waals surface area contributed by atoms with Gasteiger partial charge >= 0.3 is 0 Å². The number of amides is 1. The molecule has 0 bridgehead atoms. The van der Waals surface area contributed by atoms with Crippen molar-refractivity contribution in [2.24, 2.45) is 0 Å². The van der Waals surface area contributed by atoms with Crippen molar-refractivity contribution < 1.29 is 9.18 Å². The summed E-state index contributed by atoms with van der Waals surface area (Å²) < 4.78 is 14.6. The minimum Gasteiger partial charge on any atom is -0.319 e. The zero-order chi connectivity index (χ0) is 21.3. The van der Waals surface area contributed by atoms with Gasteiger partial charge in [0.25, 0.3) is 5.91 Å². The Balaban J connectivity index is 1.77. The molecule has 1 heterocycles. The molecule has 3 aromatic carbocycles. The van der Waals surface area contributed by atoms with E-state index in [4.69, 9.17) is 34.8 Å². The quantitative estimate of drug-likeness (QED) is 0.389. The van der Waals surface area contributed by atoms with E-state index in [9.17, 15) is 9.18 Å². The number of carbonyl (C=O) groups excluding carboxylic acids is 1. The Kier molecular flexibility index (Phi) is 5.72. The number of anilines is 1. The summed E-state index contributed by atoms with van der Waals surface area (Å²) in [5.74, 6) is -0.650. The molecule has 9 heteroatoms. The number of nitrogens with one attached hydrogen (secondary N) is 1. The van der Waals surface area contributed by atoms with E-state index >= 15 is 0 Å². The molecule has 4 aromatic rings. The van der Waals surface area contributed by atoms with Crippen molar-refractivity contribution in [3.05, 3.63) is 93.4 Å². The lowest BCUT2D eigenvalue weighted by molar-refractivity contribution is 0.101. The highest BCUT2D eigenvalue weighted by molar-refractivity contribution is 6.42. The first-order valence-corrected chi connectivity index (χ1v) is 9.79. The molecule has 0 radical (unpaired) electrons. The van der Waals surface area contributed by atoms with Gasteiger partial charge in [-0.2, -0.15) is 0 Å². The van der Waals surface area contributed by atoms with Crippen LogP contribution in [-0.2, 0) is 0 Å². The van der Waals surface area contributed by atoms with Crippen LogP contribution in [0.1, 0.15) is 10.6 Å². The Morgan fingerprint density at radius 1 is 0.933 bits per heavy atom. The van der Waals surface area contributed by atoms with Crippen molar-refractivity contribution in [1.29, 1.82) is 0 Å². The van der Waals surface area contributed by atoms with Crippen molar-refractivity contribution in [3.8, 4) is 17.1 Å². The lowest BCUT2D eigenvalue weighted by atomic mass is 10.2. The monoisotopic (exact) mass is 460 g/mol. The van der Waals surface area contributed by atoms with Gasteiger partial charge < -0.3 is 5.32 Å². The Bertz CT molecular complexity index is 1240. The molecule has 0 spiro atoms. The van der Waals surface area contributed by atoms with Gasteiger partial charge in [-0.3, -0.25) is 4.79 Å². The highest BCUT2D eigenvalue weighted by Crippen LogP contribution is 2.28. The number of aromatic nitrogens is 3. The van der Waals surface area contributed by atoms with Crippen molar-refractivity contribution in [2.45, 2.75) is 0 Å². The van der Waals surface area contributed by atoms with E-state index in [1.807, 2.05) is 0 Å². The predicted octanol–water partition coefficient (Wildman–Crippen LogP) is 6.29. The van der Waals surface area contributed by atoms with Gasteiger partial charge in [-0.1, -0.05) is 46.9 Å². The van der Waals surface area contributed by atoms with Crippen molar-refractivity contribution in [1.82, 2.24) is 14.8 Å². The summed E-state index contributed by atoms with van der Waals surface area (Å²) in [4.78, 5) is 17.1. The maximum atomic E-state index is 13.1. The molecule has 1 aromatic heterocycles. The molecule has 0 atom stereocenters. The van der Waals surface area contributed by atoms with Crippen LogP contribution in [0.3, 0.4) is 0 Å². The number of halogens is 4. The number of nitrogens with zero attached hydrogens (tertiary/aromatic N) is 3. The van der Waals surface area contributed by atoms with E-state index in [0.29, 0.717) is 37.8 Å². The number of benzene rings is 3. The van der Waals surface area contributed by atoms with Gasteiger partial charge in [0, 0.05) is 16.3 Å². The molecule has 30 heavy (non-hydrogen) atoms. The normalized spacial score (nSPS) is 10.8. The van der Waals surface area contributed by atoms with Gasteiger partial charge in [0.05, 0.1) is 15.7 Å². The zero-order valence-corrected chi connectivity index (χ0v) is 17.4. The first-order chi connectivity index (χ1) is 14.4. The fraction of sp³-hybridized carbons (Fsp3) is 0. The maximum absolute atomic E-state index is 13.1. The average molecular weight is 462 g/mol. The first kappa shape index (κ1) is 20.3. The van der Waals surface area contributed by atoms with Crippen LogP contribution in [-0.4, -0.2) is 20.7 Å². The SMILES string of the molecule is O=C(Nc1ccc(F)cc1)c1nc(-c2cccc(Cl)c2)n(-c2ccc(Cl)c(Cl)c2)n1. The largest absolute Gasteiger partial charge is 0.319 e. The lowest BCUT2D eigenvalue weighted by Crippen LogP contribution is -2.14. The van der Waals surface area contributed by atoms with Gasteiger partial charge in [-0.05, 0) is 54.6 Å². The minimum atomic E-state index is -0.552. The van der Waals surface area contributed by atoms with E-state index in [1.165, 1.54) is 28.9 Å². The minimum absolute atomic E-state index is 0.0830. The van der Waals surface area contributed by atoms with Crippen LogP contribution in [0.15, 0.2) is 66.7 Å². The van der Waals surface area contributed by atoms with E-state index in [2.05, 4.69) is 15.4 Å². The summed E-state index contributed by atoms with van der Waals surface area (Å²) in [6.45, 7) is 0. The van der Waals surface area contributed by atoms with Crippen molar-refractivity contribution in [3.63, 3.8) is 0 Å². The van der Waals surface area contributed by atoms with Crippen molar-refractivity contribution >= 4 is 46.4 Å². The summed E-state index contributed by atoms with van der Waals surface area (Å²) in [6, 6.07) is 17.3. The van der Waals surface area contributed by atoms with Crippen LogP contribution < -0.4 is 5.32 Å². The molecule has 0 aliphatic carbocycles. The molecule has 0 saturated heterocycles. The maximum Gasteiger partial charge on any atom is 0.295 e. The van der Waals surface area contributed by atoms with Crippen molar-refractivity contribution in [2.75, 3.05) is 5.32 Å². The van der Waals surface area contributed by atoms with Crippen LogP contribution in [0, 0.1) is 5.82 Å². The topological polar surface area (TPSA) is 59.8 Å². The van der Waals surface area contributed by atoms with Gasteiger partial charge in [-0.15, -0.1) is 5.10 Å². The molecule has 0 aliphatic rings. The fourth-order valence-electron chi connectivity index (χ4n) is 2.74. The number of hydrogen-bond donors (Lipinski definition) is 1. The zero-order valence-electron chi connectivity index (χ0n) is 15.1. The number of carbonyl (C=O) groups is 1. The molecule has 1 N–H and O–H groups in total. The van der Waals surface area contributed by atoms with Crippen LogP contribution in [0.25, 0.3) is 17.1 Å². The Morgan fingerprint density at radius 3 is 2.40 bits per heavy atom. The Labute approximate surface area is 186 Å². The molecule has 5 nitrogen and oxygen atoms in total. The summed E-state index contributed by atoms with van der Waals surface area (Å²) in [6.07, 6.45) is 0. The van der Waals surface area contributed by atoms with Crippen LogP contribution >= 0.6 is 34.8 Å². The summed E-state index contributed by atoms with van der Waals surface area (Å²) in [5, 5.41) is 8.22. The second-order valence-corrected chi connectivity index (χ2v) is 7.49. The highest BCUT2D eigenvalue weighted by atomic mass is 35.5. The Morgan fingerprint density at radius 2 is 1.70 bits per heavy atom. The van der Waals surface area contributed by atoms with Gasteiger partial charge in [-0.25, -0.2) is 14.1 Å². The molecule has 0 unspecified atom stereocenters. The summed E-state index contributed by atoms with van der Waals surface area (Å²) in [7, 11) is 0. The third-order valence-corrected chi connectivity index (χ3v) is 5.12. The van der Waals surface area contributed by atoms with E-state index in [-0.39, 0.29) is 5.82 Å². The van der Waals surface area contributed by atoms with E-state index < -0.39 is 11.7 Å². The van der Waals surface area contributed by atoms with Gasteiger partial charge in [0.1, 0.15) is 5.82 Å². The molecule has 4 rings (SSSR count).